The number of hydrogen-bond donors (Lipinski definition) is 0. The SMILES string of the molecule is CC(c1ccccc1)N(Cc1ccccc1)S(=O)(=O)c1ccc2ccccc2c1. The maximum atomic E-state index is 13.7. The molecule has 0 aliphatic heterocycles. The molecule has 0 bridgehead atoms. The summed E-state index contributed by atoms with van der Waals surface area (Å²) in [6.45, 7) is 2.25. The van der Waals surface area contributed by atoms with Crippen molar-refractivity contribution in [1.29, 1.82) is 0 Å². The quantitative estimate of drug-likeness (QED) is 0.410. The van der Waals surface area contributed by atoms with E-state index < -0.39 is 10.0 Å². The number of sulfonamides is 1. The summed E-state index contributed by atoms with van der Waals surface area (Å²) in [7, 11) is -3.70. The van der Waals surface area contributed by atoms with Crippen LogP contribution in [-0.4, -0.2) is 12.7 Å². The molecule has 0 heterocycles. The topological polar surface area (TPSA) is 37.4 Å². The zero-order chi connectivity index (χ0) is 20.3. The lowest BCUT2D eigenvalue weighted by Crippen LogP contribution is -2.33. The lowest BCUT2D eigenvalue weighted by atomic mass is 10.1. The Hall–Kier alpha value is -2.95. The molecule has 0 saturated heterocycles. The first-order valence-electron chi connectivity index (χ1n) is 9.65. The van der Waals surface area contributed by atoms with Crippen LogP contribution in [0.25, 0.3) is 10.8 Å². The van der Waals surface area contributed by atoms with E-state index in [4.69, 9.17) is 0 Å². The van der Waals surface area contributed by atoms with Crippen LogP contribution in [0, 0.1) is 0 Å². The molecule has 0 fully saturated rings. The highest BCUT2D eigenvalue weighted by atomic mass is 32.2. The fourth-order valence-corrected chi connectivity index (χ4v) is 5.20. The Morgan fingerprint density at radius 2 is 1.31 bits per heavy atom. The van der Waals surface area contributed by atoms with E-state index in [0.717, 1.165) is 21.9 Å². The van der Waals surface area contributed by atoms with E-state index in [9.17, 15) is 8.42 Å². The van der Waals surface area contributed by atoms with Crippen LogP contribution >= 0.6 is 0 Å². The minimum Gasteiger partial charge on any atom is -0.207 e. The molecular weight excluding hydrogens is 378 g/mol. The monoisotopic (exact) mass is 401 g/mol. The van der Waals surface area contributed by atoms with Crippen LogP contribution in [-0.2, 0) is 16.6 Å². The van der Waals surface area contributed by atoms with Gasteiger partial charge in [0.2, 0.25) is 10.0 Å². The summed E-state index contributed by atoms with van der Waals surface area (Å²) in [5, 5.41) is 1.94. The van der Waals surface area contributed by atoms with E-state index in [-0.39, 0.29) is 6.04 Å². The summed E-state index contributed by atoms with van der Waals surface area (Å²) in [6.07, 6.45) is 0. The second-order valence-corrected chi connectivity index (χ2v) is 9.02. The predicted octanol–water partition coefficient (Wildman–Crippen LogP) is 5.79. The Labute approximate surface area is 172 Å². The molecule has 0 aromatic heterocycles. The predicted molar refractivity (Wildman–Crippen MR) is 118 cm³/mol. The number of rotatable bonds is 6. The first-order chi connectivity index (χ1) is 14.1. The molecule has 0 amide bonds. The van der Waals surface area contributed by atoms with Gasteiger partial charge in [-0.05, 0) is 41.0 Å². The summed E-state index contributed by atoms with van der Waals surface area (Å²) in [5.41, 5.74) is 1.92. The molecule has 29 heavy (non-hydrogen) atoms. The molecule has 1 unspecified atom stereocenters. The highest BCUT2D eigenvalue weighted by Crippen LogP contribution is 2.30. The Morgan fingerprint density at radius 1 is 0.724 bits per heavy atom. The molecule has 146 valence electrons. The summed E-state index contributed by atoms with van der Waals surface area (Å²) >= 11 is 0. The molecule has 4 rings (SSSR count). The van der Waals surface area contributed by atoms with Gasteiger partial charge in [0.1, 0.15) is 0 Å². The molecule has 3 nitrogen and oxygen atoms in total. The first-order valence-corrected chi connectivity index (χ1v) is 11.1. The van der Waals surface area contributed by atoms with Crippen LogP contribution in [0.2, 0.25) is 0 Å². The smallest absolute Gasteiger partial charge is 0.207 e. The first kappa shape index (κ1) is 19.4. The van der Waals surface area contributed by atoms with Gasteiger partial charge in [0.15, 0.2) is 0 Å². The van der Waals surface area contributed by atoms with Gasteiger partial charge < -0.3 is 0 Å². The van der Waals surface area contributed by atoms with Gasteiger partial charge in [-0.25, -0.2) is 8.42 Å². The minimum atomic E-state index is -3.70. The van der Waals surface area contributed by atoms with Crippen molar-refractivity contribution in [2.75, 3.05) is 0 Å². The molecule has 0 radical (unpaired) electrons. The zero-order valence-corrected chi connectivity index (χ0v) is 17.1. The molecule has 0 aliphatic carbocycles. The van der Waals surface area contributed by atoms with Crippen LogP contribution < -0.4 is 0 Å². The van der Waals surface area contributed by atoms with Crippen molar-refractivity contribution >= 4 is 20.8 Å². The average Bonchev–Trinajstić information content (AvgIpc) is 2.78. The highest BCUT2D eigenvalue weighted by molar-refractivity contribution is 7.89. The van der Waals surface area contributed by atoms with Gasteiger partial charge in [-0.2, -0.15) is 4.31 Å². The molecule has 0 saturated carbocycles. The van der Waals surface area contributed by atoms with Crippen molar-refractivity contribution in [1.82, 2.24) is 4.31 Å². The Balaban J connectivity index is 1.79. The van der Waals surface area contributed by atoms with Crippen molar-refractivity contribution in [3.63, 3.8) is 0 Å². The van der Waals surface area contributed by atoms with Gasteiger partial charge in [-0.15, -0.1) is 0 Å². The van der Waals surface area contributed by atoms with E-state index in [2.05, 4.69) is 0 Å². The number of hydrogen-bond acceptors (Lipinski definition) is 2. The fourth-order valence-electron chi connectivity index (χ4n) is 3.55. The third-order valence-corrected chi connectivity index (χ3v) is 7.14. The molecule has 0 N–H and O–H groups in total. The van der Waals surface area contributed by atoms with E-state index in [1.165, 1.54) is 0 Å². The molecular formula is C25H23NO2S. The normalized spacial score (nSPS) is 12.9. The molecule has 0 spiro atoms. The van der Waals surface area contributed by atoms with Crippen molar-refractivity contribution in [3.05, 3.63) is 114 Å². The molecule has 0 aliphatic rings. The largest absolute Gasteiger partial charge is 0.243 e. The standard InChI is InChI=1S/C25H23NO2S/c1-20(22-12-6-3-7-13-22)26(19-21-10-4-2-5-11-21)29(27,28)25-17-16-23-14-8-9-15-24(23)18-25/h2-18,20H,19H2,1H3. The summed E-state index contributed by atoms with van der Waals surface area (Å²) in [5.74, 6) is 0. The van der Waals surface area contributed by atoms with Crippen LogP contribution in [0.5, 0.6) is 0 Å². The van der Waals surface area contributed by atoms with Gasteiger partial charge in [-0.3, -0.25) is 0 Å². The van der Waals surface area contributed by atoms with Gasteiger partial charge in [0, 0.05) is 12.6 Å². The van der Waals surface area contributed by atoms with E-state index in [1.807, 2.05) is 97.9 Å². The number of fused-ring (bicyclic) bond motifs is 1. The molecule has 1 atom stereocenters. The summed E-state index contributed by atoms with van der Waals surface area (Å²) in [6, 6.07) is 32.3. The molecule has 4 aromatic rings. The maximum Gasteiger partial charge on any atom is 0.243 e. The van der Waals surface area contributed by atoms with Crippen LogP contribution in [0.1, 0.15) is 24.1 Å². The molecule has 4 aromatic carbocycles. The van der Waals surface area contributed by atoms with Gasteiger partial charge >= 0.3 is 0 Å². The van der Waals surface area contributed by atoms with E-state index in [1.54, 1.807) is 16.4 Å². The lowest BCUT2D eigenvalue weighted by Gasteiger charge is -2.29. The van der Waals surface area contributed by atoms with Crippen LogP contribution in [0.15, 0.2) is 108 Å². The summed E-state index contributed by atoms with van der Waals surface area (Å²) in [4.78, 5) is 0.315. The van der Waals surface area contributed by atoms with E-state index >= 15 is 0 Å². The van der Waals surface area contributed by atoms with Gasteiger partial charge in [0.05, 0.1) is 4.90 Å². The average molecular weight is 402 g/mol. The fraction of sp³-hybridized carbons (Fsp3) is 0.120. The lowest BCUT2D eigenvalue weighted by molar-refractivity contribution is 0.336. The second kappa shape index (κ2) is 8.19. The van der Waals surface area contributed by atoms with Crippen molar-refractivity contribution in [2.24, 2.45) is 0 Å². The zero-order valence-electron chi connectivity index (χ0n) is 16.3. The van der Waals surface area contributed by atoms with Gasteiger partial charge in [0.25, 0.3) is 0 Å². The van der Waals surface area contributed by atoms with Crippen LogP contribution in [0.3, 0.4) is 0 Å². The third-order valence-electron chi connectivity index (χ3n) is 5.22. The Bertz CT molecular complexity index is 1210. The van der Waals surface area contributed by atoms with Crippen molar-refractivity contribution in [2.45, 2.75) is 24.4 Å². The second-order valence-electron chi connectivity index (χ2n) is 7.13. The minimum absolute atomic E-state index is 0.298. The Morgan fingerprint density at radius 3 is 2.00 bits per heavy atom. The maximum absolute atomic E-state index is 13.7. The highest BCUT2D eigenvalue weighted by Gasteiger charge is 2.30. The number of benzene rings is 4. The van der Waals surface area contributed by atoms with E-state index in [0.29, 0.717) is 11.4 Å². The van der Waals surface area contributed by atoms with Gasteiger partial charge in [-0.1, -0.05) is 91.0 Å². The van der Waals surface area contributed by atoms with Crippen LogP contribution in [0.4, 0.5) is 0 Å². The Kier molecular flexibility index (Phi) is 5.47. The third kappa shape index (κ3) is 4.09. The summed E-state index contributed by atoms with van der Waals surface area (Å²) < 4.78 is 29.0. The molecule has 4 heteroatoms. The van der Waals surface area contributed by atoms with Crippen molar-refractivity contribution in [3.8, 4) is 0 Å². The number of nitrogens with zero attached hydrogens (tertiary/aromatic N) is 1. The van der Waals surface area contributed by atoms with Crippen molar-refractivity contribution < 1.29 is 8.42 Å².